The van der Waals surface area contributed by atoms with E-state index >= 15 is 0 Å². The van der Waals surface area contributed by atoms with Gasteiger partial charge in [0.25, 0.3) is 0 Å². The van der Waals surface area contributed by atoms with Gasteiger partial charge in [0, 0.05) is 13.0 Å². The lowest BCUT2D eigenvalue weighted by Crippen LogP contribution is -2.26. The van der Waals surface area contributed by atoms with Crippen LogP contribution in [0.2, 0.25) is 0 Å². The summed E-state index contributed by atoms with van der Waals surface area (Å²) < 4.78 is 5.73. The molecule has 0 bridgehead atoms. The maximum atomic E-state index is 11.4. The molecule has 5 heteroatoms. The third kappa shape index (κ3) is 9.55. The average molecular weight is 321 g/mol. The molecule has 1 amide bonds. The highest BCUT2D eigenvalue weighted by Gasteiger charge is 2.05. The lowest BCUT2D eigenvalue weighted by Gasteiger charge is -2.09. The molecule has 0 fully saturated rings. The van der Waals surface area contributed by atoms with Crippen molar-refractivity contribution in [2.75, 3.05) is 13.2 Å². The van der Waals surface area contributed by atoms with Crippen molar-refractivity contribution < 1.29 is 19.4 Å². The van der Waals surface area contributed by atoms with E-state index in [-0.39, 0.29) is 18.7 Å². The van der Waals surface area contributed by atoms with Gasteiger partial charge in [-0.25, -0.2) is 0 Å². The number of aliphatic carboxylic acids is 1. The van der Waals surface area contributed by atoms with Crippen molar-refractivity contribution in [1.82, 2.24) is 5.32 Å². The van der Waals surface area contributed by atoms with Gasteiger partial charge in [0.2, 0.25) is 5.91 Å². The zero-order valence-electron chi connectivity index (χ0n) is 13.8. The average Bonchev–Trinajstić information content (AvgIpc) is 2.53. The normalized spacial score (nSPS) is 10.3. The zero-order valence-corrected chi connectivity index (χ0v) is 13.8. The lowest BCUT2D eigenvalue weighted by atomic mass is 10.1. The Kier molecular flexibility index (Phi) is 9.52. The number of benzene rings is 1. The third-order valence-electron chi connectivity index (χ3n) is 3.47. The van der Waals surface area contributed by atoms with Crippen molar-refractivity contribution >= 4 is 11.9 Å². The van der Waals surface area contributed by atoms with E-state index in [1.54, 1.807) is 0 Å². The van der Waals surface area contributed by atoms with Crippen molar-refractivity contribution in [1.29, 1.82) is 0 Å². The monoisotopic (exact) mass is 321 g/mol. The number of rotatable bonds is 12. The third-order valence-corrected chi connectivity index (χ3v) is 3.47. The fraction of sp³-hybridized carbons (Fsp3) is 0.556. The van der Waals surface area contributed by atoms with E-state index in [1.807, 2.05) is 24.3 Å². The van der Waals surface area contributed by atoms with Crippen molar-refractivity contribution in [3.05, 3.63) is 29.8 Å². The Morgan fingerprint density at radius 3 is 2.74 bits per heavy atom. The second-order valence-electron chi connectivity index (χ2n) is 5.55. The Balaban J connectivity index is 2.25. The number of hydrogen-bond acceptors (Lipinski definition) is 3. The quantitative estimate of drug-likeness (QED) is 0.580. The Morgan fingerprint density at radius 2 is 2.00 bits per heavy atom. The molecule has 0 radical (unpaired) electrons. The molecule has 0 spiro atoms. The Morgan fingerprint density at radius 1 is 1.17 bits per heavy atom. The van der Waals surface area contributed by atoms with Gasteiger partial charge in [-0.2, -0.15) is 0 Å². The molecule has 1 aromatic rings. The predicted molar refractivity (Wildman–Crippen MR) is 89.7 cm³/mol. The highest BCUT2D eigenvalue weighted by atomic mass is 16.5. The molecule has 0 aliphatic rings. The van der Waals surface area contributed by atoms with Crippen LogP contribution >= 0.6 is 0 Å². The maximum Gasteiger partial charge on any atom is 0.303 e. The van der Waals surface area contributed by atoms with Gasteiger partial charge in [-0.05, 0) is 30.5 Å². The summed E-state index contributed by atoms with van der Waals surface area (Å²) in [6.07, 6.45) is 5.31. The Labute approximate surface area is 138 Å². The molecule has 0 aliphatic carbocycles. The molecule has 2 N–H and O–H groups in total. The van der Waals surface area contributed by atoms with Crippen LogP contribution in [0, 0.1) is 0 Å². The van der Waals surface area contributed by atoms with Gasteiger partial charge in [-0.15, -0.1) is 0 Å². The number of amides is 1. The molecular formula is C18H27NO4. The Hall–Kier alpha value is -2.04. The van der Waals surface area contributed by atoms with Crippen LogP contribution in [0.4, 0.5) is 0 Å². The highest BCUT2D eigenvalue weighted by Crippen LogP contribution is 2.14. The van der Waals surface area contributed by atoms with Gasteiger partial charge in [0.15, 0.2) is 0 Å². The molecule has 0 saturated heterocycles. The fourth-order valence-electron chi connectivity index (χ4n) is 2.16. The fourth-order valence-corrected chi connectivity index (χ4v) is 2.16. The van der Waals surface area contributed by atoms with Crippen molar-refractivity contribution in [2.24, 2.45) is 0 Å². The molecule has 0 atom stereocenters. The van der Waals surface area contributed by atoms with Gasteiger partial charge in [0.1, 0.15) is 5.75 Å². The second kappa shape index (κ2) is 11.5. The topological polar surface area (TPSA) is 75.6 Å². The summed E-state index contributed by atoms with van der Waals surface area (Å²) in [5.41, 5.74) is 1.09. The van der Waals surface area contributed by atoms with Crippen LogP contribution in [0.1, 0.15) is 51.0 Å². The van der Waals surface area contributed by atoms with Crippen molar-refractivity contribution in [3.8, 4) is 5.75 Å². The number of carbonyl (C=O) groups is 2. The van der Waals surface area contributed by atoms with Crippen molar-refractivity contribution in [2.45, 2.75) is 51.9 Å². The standard InChI is InChI=1S/C18H27NO4/c1-2-3-4-5-13-23-16-8-6-7-15(14-16)11-12-19-17(20)9-10-18(21)22/h6-8,14H,2-5,9-13H2,1H3,(H,19,20)(H,21,22). The molecule has 1 rings (SSSR count). The molecule has 0 heterocycles. The summed E-state index contributed by atoms with van der Waals surface area (Å²) in [5.74, 6) is -0.323. The number of carboxylic acid groups (broad SMARTS) is 1. The molecule has 0 aromatic heterocycles. The molecule has 23 heavy (non-hydrogen) atoms. The molecule has 0 unspecified atom stereocenters. The van der Waals surface area contributed by atoms with E-state index in [0.29, 0.717) is 13.0 Å². The van der Waals surface area contributed by atoms with Crippen molar-refractivity contribution in [3.63, 3.8) is 0 Å². The molecule has 5 nitrogen and oxygen atoms in total. The highest BCUT2D eigenvalue weighted by molar-refractivity contribution is 5.80. The van der Waals surface area contributed by atoms with Crippen LogP contribution in [-0.2, 0) is 16.0 Å². The Bertz CT molecular complexity index is 488. The summed E-state index contributed by atoms with van der Waals surface area (Å²) in [4.78, 5) is 21.8. The van der Waals surface area contributed by atoms with E-state index in [2.05, 4.69) is 12.2 Å². The van der Waals surface area contributed by atoms with Crippen LogP contribution in [0.5, 0.6) is 5.75 Å². The predicted octanol–water partition coefficient (Wildman–Crippen LogP) is 3.17. The largest absolute Gasteiger partial charge is 0.494 e. The van der Waals surface area contributed by atoms with Gasteiger partial charge in [0.05, 0.1) is 13.0 Å². The minimum absolute atomic E-state index is 0.0241. The SMILES string of the molecule is CCCCCCOc1cccc(CCNC(=O)CCC(=O)O)c1. The first-order chi connectivity index (χ1) is 11.1. The molecule has 0 saturated carbocycles. The zero-order chi connectivity index (χ0) is 16.9. The first kappa shape index (κ1) is 19.0. The summed E-state index contributed by atoms with van der Waals surface area (Å²) in [7, 11) is 0. The summed E-state index contributed by atoms with van der Waals surface area (Å²) >= 11 is 0. The minimum Gasteiger partial charge on any atom is -0.494 e. The van der Waals surface area contributed by atoms with Gasteiger partial charge < -0.3 is 15.2 Å². The van der Waals surface area contributed by atoms with Crippen LogP contribution in [-0.4, -0.2) is 30.1 Å². The first-order valence-corrected chi connectivity index (χ1v) is 8.32. The van der Waals surface area contributed by atoms with E-state index in [9.17, 15) is 9.59 Å². The molecule has 1 aromatic carbocycles. The minimum atomic E-state index is -0.955. The summed E-state index contributed by atoms with van der Waals surface area (Å²) in [6, 6.07) is 7.87. The van der Waals surface area contributed by atoms with Crippen LogP contribution < -0.4 is 10.1 Å². The number of unbranched alkanes of at least 4 members (excludes halogenated alkanes) is 3. The first-order valence-electron chi connectivity index (χ1n) is 8.32. The lowest BCUT2D eigenvalue weighted by molar-refractivity contribution is -0.138. The van der Waals surface area contributed by atoms with Crippen LogP contribution in [0.25, 0.3) is 0 Å². The van der Waals surface area contributed by atoms with Gasteiger partial charge in [-0.1, -0.05) is 38.3 Å². The number of carbonyl (C=O) groups excluding carboxylic acids is 1. The molecule has 128 valence electrons. The number of carboxylic acids is 1. The maximum absolute atomic E-state index is 11.4. The van der Waals surface area contributed by atoms with Crippen LogP contribution in [0.15, 0.2) is 24.3 Å². The second-order valence-corrected chi connectivity index (χ2v) is 5.55. The summed E-state index contributed by atoms with van der Waals surface area (Å²) in [5, 5.41) is 11.3. The van der Waals surface area contributed by atoms with E-state index in [0.717, 1.165) is 24.3 Å². The molecular weight excluding hydrogens is 294 g/mol. The van der Waals surface area contributed by atoms with Gasteiger partial charge in [-0.3, -0.25) is 9.59 Å². The van der Waals surface area contributed by atoms with E-state index in [4.69, 9.17) is 9.84 Å². The number of ether oxygens (including phenoxy) is 1. The number of nitrogens with one attached hydrogen (secondary N) is 1. The number of hydrogen-bond donors (Lipinski definition) is 2. The van der Waals surface area contributed by atoms with Crippen LogP contribution in [0.3, 0.4) is 0 Å². The van der Waals surface area contributed by atoms with Gasteiger partial charge >= 0.3 is 5.97 Å². The summed E-state index contributed by atoms with van der Waals surface area (Å²) in [6.45, 7) is 3.42. The smallest absolute Gasteiger partial charge is 0.303 e. The van der Waals surface area contributed by atoms with E-state index in [1.165, 1.54) is 19.3 Å². The van der Waals surface area contributed by atoms with E-state index < -0.39 is 5.97 Å². The molecule has 0 aliphatic heterocycles.